The van der Waals surface area contributed by atoms with Crippen molar-refractivity contribution in [3.63, 3.8) is 0 Å². The van der Waals surface area contributed by atoms with Gasteiger partial charge in [-0.05, 0) is 6.42 Å². The molecule has 11 heavy (non-hydrogen) atoms. The van der Waals surface area contributed by atoms with Crippen LogP contribution < -0.4 is 11.3 Å². The van der Waals surface area contributed by atoms with Crippen LogP contribution in [0, 0.1) is 0 Å². The zero-order chi connectivity index (χ0) is 8.10. The van der Waals surface area contributed by atoms with Crippen molar-refractivity contribution in [1.29, 1.82) is 0 Å². The molecule has 0 saturated heterocycles. The van der Waals surface area contributed by atoms with Crippen molar-refractivity contribution in [3.8, 4) is 0 Å². The largest absolute Gasteiger partial charge is 0.271 e. The zero-order valence-corrected chi connectivity index (χ0v) is 7.40. The molecule has 3 nitrogen and oxygen atoms in total. The normalized spacial score (nSPS) is 13.3. The summed E-state index contributed by atoms with van der Waals surface area (Å²) in [6, 6.07) is 0.285. The van der Waals surface area contributed by atoms with E-state index in [1.165, 1.54) is 4.88 Å². The number of rotatable bonds is 4. The van der Waals surface area contributed by atoms with Crippen molar-refractivity contribution in [3.05, 3.63) is 16.6 Å². The summed E-state index contributed by atoms with van der Waals surface area (Å²) in [5, 5.41) is 0. The van der Waals surface area contributed by atoms with Crippen molar-refractivity contribution in [2.24, 2.45) is 5.84 Å². The second-order valence-electron chi connectivity index (χ2n) is 2.41. The molecule has 0 bridgehead atoms. The van der Waals surface area contributed by atoms with E-state index < -0.39 is 0 Å². The Labute approximate surface area is 70.6 Å². The molecule has 3 N–H and O–H groups in total. The number of nitrogens with one attached hydrogen (secondary N) is 1. The maximum Gasteiger partial charge on any atom is 0.0794 e. The molecule has 1 unspecified atom stereocenters. The second kappa shape index (κ2) is 4.43. The topological polar surface area (TPSA) is 50.9 Å². The van der Waals surface area contributed by atoms with Crippen LogP contribution in [0.25, 0.3) is 0 Å². The number of thiazole rings is 1. The first kappa shape index (κ1) is 8.64. The summed E-state index contributed by atoms with van der Waals surface area (Å²) in [6.07, 6.45) is 4.07. The van der Waals surface area contributed by atoms with E-state index in [4.69, 9.17) is 5.84 Å². The van der Waals surface area contributed by atoms with E-state index >= 15 is 0 Å². The van der Waals surface area contributed by atoms with Crippen LogP contribution in [0.5, 0.6) is 0 Å². The Kier molecular flexibility index (Phi) is 3.48. The van der Waals surface area contributed by atoms with Crippen LogP contribution in [0.2, 0.25) is 0 Å². The molecule has 0 aromatic carbocycles. The van der Waals surface area contributed by atoms with Gasteiger partial charge in [-0.1, -0.05) is 13.3 Å². The van der Waals surface area contributed by atoms with Gasteiger partial charge < -0.3 is 0 Å². The van der Waals surface area contributed by atoms with Crippen molar-refractivity contribution in [2.45, 2.75) is 25.8 Å². The van der Waals surface area contributed by atoms with Crippen molar-refractivity contribution in [1.82, 2.24) is 10.4 Å². The summed E-state index contributed by atoms with van der Waals surface area (Å²) in [7, 11) is 0. The van der Waals surface area contributed by atoms with Crippen LogP contribution in [0.1, 0.15) is 30.7 Å². The van der Waals surface area contributed by atoms with E-state index in [0.29, 0.717) is 0 Å². The Morgan fingerprint density at radius 1 is 1.82 bits per heavy atom. The van der Waals surface area contributed by atoms with Crippen LogP contribution in [-0.2, 0) is 0 Å². The number of aromatic nitrogens is 1. The maximum atomic E-state index is 5.38. The van der Waals surface area contributed by atoms with Crippen LogP contribution in [-0.4, -0.2) is 4.98 Å². The Hall–Kier alpha value is -0.450. The molecule has 0 fully saturated rings. The maximum absolute atomic E-state index is 5.38. The lowest BCUT2D eigenvalue weighted by molar-refractivity contribution is 0.517. The fourth-order valence-corrected chi connectivity index (χ4v) is 1.71. The molecule has 1 heterocycles. The molecule has 62 valence electrons. The molecule has 4 heteroatoms. The lowest BCUT2D eigenvalue weighted by Crippen LogP contribution is -2.27. The van der Waals surface area contributed by atoms with Gasteiger partial charge in [0, 0.05) is 11.1 Å². The van der Waals surface area contributed by atoms with Crippen molar-refractivity contribution >= 4 is 11.3 Å². The van der Waals surface area contributed by atoms with Gasteiger partial charge in [-0.15, -0.1) is 11.3 Å². The zero-order valence-electron chi connectivity index (χ0n) is 6.58. The highest BCUT2D eigenvalue weighted by Gasteiger charge is 2.08. The van der Waals surface area contributed by atoms with E-state index in [-0.39, 0.29) is 6.04 Å². The predicted molar refractivity (Wildman–Crippen MR) is 47.1 cm³/mol. The molecule has 1 aromatic heterocycles. The fourth-order valence-electron chi connectivity index (χ4n) is 0.994. The minimum Gasteiger partial charge on any atom is -0.271 e. The summed E-state index contributed by atoms with van der Waals surface area (Å²) in [6.45, 7) is 2.14. The van der Waals surface area contributed by atoms with Gasteiger partial charge in [0.2, 0.25) is 0 Å². The minimum atomic E-state index is 0.285. The average Bonchev–Trinajstić information content (AvgIpc) is 2.52. The van der Waals surface area contributed by atoms with Crippen LogP contribution in [0.3, 0.4) is 0 Å². The summed E-state index contributed by atoms with van der Waals surface area (Å²) in [5.41, 5.74) is 4.60. The molecule has 0 spiro atoms. The standard InChI is InChI=1S/C7H13N3S/c1-2-3-6(10-8)7-4-9-5-11-7/h4-6,10H,2-3,8H2,1H3. The molecule has 1 aromatic rings. The molecule has 0 aliphatic heterocycles. The van der Waals surface area contributed by atoms with E-state index in [1.54, 1.807) is 11.3 Å². The highest BCUT2D eigenvalue weighted by molar-refractivity contribution is 7.09. The third-order valence-electron chi connectivity index (χ3n) is 1.57. The predicted octanol–water partition coefficient (Wildman–Crippen LogP) is 1.45. The third kappa shape index (κ3) is 2.25. The SMILES string of the molecule is CCCC(NN)c1cncs1. The molecule has 0 radical (unpaired) electrons. The summed E-state index contributed by atoms with van der Waals surface area (Å²) in [5.74, 6) is 5.38. The Morgan fingerprint density at radius 3 is 3.09 bits per heavy atom. The van der Waals surface area contributed by atoms with E-state index in [0.717, 1.165) is 12.8 Å². The van der Waals surface area contributed by atoms with E-state index in [2.05, 4.69) is 17.3 Å². The van der Waals surface area contributed by atoms with Gasteiger partial charge in [-0.25, -0.2) is 0 Å². The van der Waals surface area contributed by atoms with Gasteiger partial charge in [0.15, 0.2) is 0 Å². The van der Waals surface area contributed by atoms with Crippen molar-refractivity contribution in [2.75, 3.05) is 0 Å². The van der Waals surface area contributed by atoms with E-state index in [9.17, 15) is 0 Å². The molecule has 1 rings (SSSR count). The summed E-state index contributed by atoms with van der Waals surface area (Å²) < 4.78 is 0. The van der Waals surface area contributed by atoms with Gasteiger partial charge in [-0.3, -0.25) is 16.3 Å². The molecular weight excluding hydrogens is 158 g/mol. The lowest BCUT2D eigenvalue weighted by Gasteiger charge is -2.11. The van der Waals surface area contributed by atoms with Gasteiger partial charge in [0.05, 0.1) is 11.6 Å². The smallest absolute Gasteiger partial charge is 0.0794 e. The highest BCUT2D eigenvalue weighted by atomic mass is 32.1. The van der Waals surface area contributed by atoms with Crippen LogP contribution >= 0.6 is 11.3 Å². The molecule has 1 atom stereocenters. The number of hydrazine groups is 1. The number of hydrogen-bond acceptors (Lipinski definition) is 4. The summed E-state index contributed by atoms with van der Waals surface area (Å²) in [4.78, 5) is 5.21. The highest BCUT2D eigenvalue weighted by Crippen LogP contribution is 2.20. The molecule has 0 aliphatic rings. The van der Waals surface area contributed by atoms with Crippen LogP contribution in [0.4, 0.5) is 0 Å². The van der Waals surface area contributed by atoms with Gasteiger partial charge in [0.1, 0.15) is 0 Å². The number of hydrogen-bond donors (Lipinski definition) is 2. The third-order valence-corrected chi connectivity index (χ3v) is 2.46. The minimum absolute atomic E-state index is 0.285. The molecule has 0 amide bonds. The van der Waals surface area contributed by atoms with Gasteiger partial charge >= 0.3 is 0 Å². The number of nitrogens with zero attached hydrogens (tertiary/aromatic N) is 1. The lowest BCUT2D eigenvalue weighted by atomic mass is 10.1. The molecule has 0 saturated carbocycles. The Morgan fingerprint density at radius 2 is 2.64 bits per heavy atom. The Bertz CT molecular complexity index is 186. The second-order valence-corrected chi connectivity index (χ2v) is 3.33. The quantitative estimate of drug-likeness (QED) is 0.532. The first-order valence-electron chi connectivity index (χ1n) is 3.73. The van der Waals surface area contributed by atoms with Crippen molar-refractivity contribution < 1.29 is 0 Å². The Balaban J connectivity index is 2.56. The molecule has 0 aliphatic carbocycles. The van der Waals surface area contributed by atoms with Gasteiger partial charge in [0.25, 0.3) is 0 Å². The average molecular weight is 171 g/mol. The number of nitrogens with two attached hydrogens (primary N) is 1. The fraction of sp³-hybridized carbons (Fsp3) is 0.571. The summed E-state index contributed by atoms with van der Waals surface area (Å²) >= 11 is 1.64. The first-order valence-corrected chi connectivity index (χ1v) is 4.61. The monoisotopic (exact) mass is 171 g/mol. The van der Waals surface area contributed by atoms with E-state index in [1.807, 2.05) is 11.7 Å². The van der Waals surface area contributed by atoms with Gasteiger partial charge in [-0.2, -0.15) is 0 Å². The first-order chi connectivity index (χ1) is 5.38. The molecular formula is C7H13N3S. The van der Waals surface area contributed by atoms with Crippen LogP contribution in [0.15, 0.2) is 11.7 Å².